The van der Waals surface area contributed by atoms with Gasteiger partial charge in [-0.25, -0.2) is 0 Å². The fraction of sp³-hybridized carbons (Fsp3) is 0.533. The summed E-state index contributed by atoms with van der Waals surface area (Å²) in [5.41, 5.74) is 7.82. The van der Waals surface area contributed by atoms with E-state index in [9.17, 15) is 4.79 Å². The minimum Gasteiger partial charge on any atom is -0.342 e. The van der Waals surface area contributed by atoms with Crippen molar-refractivity contribution >= 4 is 5.91 Å². The quantitative estimate of drug-likeness (QED) is 0.803. The van der Waals surface area contributed by atoms with Crippen LogP contribution in [0.25, 0.3) is 0 Å². The van der Waals surface area contributed by atoms with Gasteiger partial charge in [0.15, 0.2) is 0 Å². The van der Waals surface area contributed by atoms with Crippen LogP contribution < -0.4 is 5.73 Å². The lowest BCUT2D eigenvalue weighted by molar-refractivity contribution is -0.130. The molecule has 2 N–H and O–H groups in total. The van der Waals surface area contributed by atoms with Gasteiger partial charge < -0.3 is 10.6 Å². The molecule has 1 aromatic carbocycles. The van der Waals surface area contributed by atoms with Crippen molar-refractivity contribution in [2.75, 3.05) is 19.6 Å². The Morgan fingerprint density at radius 2 is 2.00 bits per heavy atom. The van der Waals surface area contributed by atoms with Gasteiger partial charge in [-0.1, -0.05) is 31.2 Å². The Kier molecular flexibility index (Phi) is 6.44. The number of amides is 1. The molecule has 0 aliphatic rings. The first-order valence-electron chi connectivity index (χ1n) is 6.71. The number of aryl methyl sites for hydroxylation is 1. The molecule has 0 heterocycles. The molecule has 3 nitrogen and oxygen atoms in total. The van der Waals surface area contributed by atoms with Crippen LogP contribution in [0.15, 0.2) is 24.3 Å². The second-order valence-electron chi connectivity index (χ2n) is 4.63. The van der Waals surface area contributed by atoms with E-state index in [0.717, 1.165) is 31.5 Å². The molecule has 1 aromatic rings. The maximum atomic E-state index is 12.2. The van der Waals surface area contributed by atoms with Gasteiger partial charge in [-0.05, 0) is 37.4 Å². The maximum Gasteiger partial charge on any atom is 0.226 e. The zero-order valence-corrected chi connectivity index (χ0v) is 11.5. The van der Waals surface area contributed by atoms with Gasteiger partial charge in [0.25, 0.3) is 0 Å². The third kappa shape index (κ3) is 4.49. The van der Waals surface area contributed by atoms with Crippen molar-refractivity contribution in [3.05, 3.63) is 35.4 Å². The standard InChI is InChI=1S/C15H24N2O/c1-3-10-17(11-6-9-16)15(18)12-14-8-5-4-7-13(14)2/h4-5,7-8H,3,6,9-12,16H2,1-2H3. The highest BCUT2D eigenvalue weighted by atomic mass is 16.2. The zero-order chi connectivity index (χ0) is 13.4. The second-order valence-corrected chi connectivity index (χ2v) is 4.63. The van der Waals surface area contributed by atoms with Crippen LogP contribution >= 0.6 is 0 Å². The van der Waals surface area contributed by atoms with E-state index in [4.69, 9.17) is 5.73 Å². The monoisotopic (exact) mass is 248 g/mol. The molecule has 18 heavy (non-hydrogen) atoms. The van der Waals surface area contributed by atoms with Crippen LogP contribution in [0.2, 0.25) is 0 Å². The van der Waals surface area contributed by atoms with Gasteiger partial charge in [0.05, 0.1) is 6.42 Å². The number of hydrogen-bond donors (Lipinski definition) is 1. The average molecular weight is 248 g/mol. The average Bonchev–Trinajstić information content (AvgIpc) is 2.37. The third-order valence-corrected chi connectivity index (χ3v) is 3.08. The van der Waals surface area contributed by atoms with Gasteiger partial charge >= 0.3 is 0 Å². The highest BCUT2D eigenvalue weighted by Gasteiger charge is 2.13. The predicted octanol–water partition coefficient (Wildman–Crippen LogP) is 2.12. The minimum atomic E-state index is 0.208. The highest BCUT2D eigenvalue weighted by molar-refractivity contribution is 5.79. The Balaban J connectivity index is 2.63. The molecule has 0 aliphatic heterocycles. The summed E-state index contributed by atoms with van der Waals surface area (Å²) in [4.78, 5) is 14.2. The van der Waals surface area contributed by atoms with Crippen molar-refractivity contribution in [2.24, 2.45) is 5.73 Å². The van der Waals surface area contributed by atoms with Gasteiger partial charge in [0, 0.05) is 13.1 Å². The van der Waals surface area contributed by atoms with Crippen molar-refractivity contribution in [2.45, 2.75) is 33.1 Å². The summed E-state index contributed by atoms with van der Waals surface area (Å²) in [6, 6.07) is 8.06. The molecule has 0 unspecified atom stereocenters. The summed E-state index contributed by atoms with van der Waals surface area (Å²) in [7, 11) is 0. The summed E-state index contributed by atoms with van der Waals surface area (Å²) in [6.07, 6.45) is 2.36. The van der Waals surface area contributed by atoms with Crippen molar-refractivity contribution in [1.29, 1.82) is 0 Å². The molecule has 3 heteroatoms. The predicted molar refractivity (Wildman–Crippen MR) is 75.4 cm³/mol. The van der Waals surface area contributed by atoms with Crippen LogP contribution in [0.5, 0.6) is 0 Å². The molecule has 0 aromatic heterocycles. The molecule has 0 spiro atoms. The van der Waals surface area contributed by atoms with Crippen molar-refractivity contribution in [3.8, 4) is 0 Å². The number of nitrogens with two attached hydrogens (primary N) is 1. The van der Waals surface area contributed by atoms with Crippen LogP contribution in [0.4, 0.5) is 0 Å². The fourth-order valence-electron chi connectivity index (χ4n) is 2.00. The van der Waals surface area contributed by atoms with Crippen LogP contribution in [0.1, 0.15) is 30.9 Å². The van der Waals surface area contributed by atoms with E-state index < -0.39 is 0 Å². The Morgan fingerprint density at radius 3 is 2.61 bits per heavy atom. The lowest BCUT2D eigenvalue weighted by Gasteiger charge is -2.22. The largest absolute Gasteiger partial charge is 0.342 e. The second kappa shape index (κ2) is 7.88. The highest BCUT2D eigenvalue weighted by Crippen LogP contribution is 2.09. The van der Waals surface area contributed by atoms with E-state index >= 15 is 0 Å². The number of rotatable bonds is 7. The van der Waals surface area contributed by atoms with E-state index in [2.05, 4.69) is 6.92 Å². The summed E-state index contributed by atoms with van der Waals surface area (Å²) in [5.74, 6) is 0.208. The topological polar surface area (TPSA) is 46.3 Å². The van der Waals surface area contributed by atoms with Crippen LogP contribution in [-0.4, -0.2) is 30.4 Å². The summed E-state index contributed by atoms with van der Waals surface area (Å²) in [6.45, 7) is 6.38. The van der Waals surface area contributed by atoms with Gasteiger partial charge in [-0.3, -0.25) is 4.79 Å². The van der Waals surface area contributed by atoms with Crippen LogP contribution in [0, 0.1) is 6.92 Å². The third-order valence-electron chi connectivity index (χ3n) is 3.08. The van der Waals surface area contributed by atoms with E-state index in [1.807, 2.05) is 36.1 Å². The number of carbonyl (C=O) groups is 1. The Morgan fingerprint density at radius 1 is 1.28 bits per heavy atom. The number of benzene rings is 1. The molecular weight excluding hydrogens is 224 g/mol. The first-order chi connectivity index (χ1) is 8.69. The molecule has 0 radical (unpaired) electrons. The Hall–Kier alpha value is -1.35. The minimum absolute atomic E-state index is 0.208. The van der Waals surface area contributed by atoms with E-state index in [-0.39, 0.29) is 5.91 Å². The molecule has 1 amide bonds. The van der Waals surface area contributed by atoms with E-state index in [1.165, 1.54) is 5.56 Å². The number of carbonyl (C=O) groups excluding carboxylic acids is 1. The maximum absolute atomic E-state index is 12.2. The van der Waals surface area contributed by atoms with Crippen molar-refractivity contribution in [1.82, 2.24) is 4.90 Å². The van der Waals surface area contributed by atoms with Crippen molar-refractivity contribution < 1.29 is 4.79 Å². The molecule has 100 valence electrons. The first-order valence-corrected chi connectivity index (χ1v) is 6.71. The summed E-state index contributed by atoms with van der Waals surface area (Å²) >= 11 is 0. The summed E-state index contributed by atoms with van der Waals surface area (Å²) < 4.78 is 0. The molecule has 0 saturated heterocycles. The summed E-state index contributed by atoms with van der Waals surface area (Å²) in [5, 5.41) is 0. The van der Waals surface area contributed by atoms with Gasteiger partial charge in [-0.2, -0.15) is 0 Å². The van der Waals surface area contributed by atoms with Crippen LogP contribution in [-0.2, 0) is 11.2 Å². The number of nitrogens with zero attached hydrogens (tertiary/aromatic N) is 1. The first kappa shape index (κ1) is 14.7. The molecule has 0 aliphatic carbocycles. The molecule has 1 rings (SSSR count). The lowest BCUT2D eigenvalue weighted by Crippen LogP contribution is -2.34. The van der Waals surface area contributed by atoms with E-state index in [0.29, 0.717) is 13.0 Å². The van der Waals surface area contributed by atoms with E-state index in [1.54, 1.807) is 0 Å². The molecule has 0 atom stereocenters. The van der Waals surface area contributed by atoms with Crippen molar-refractivity contribution in [3.63, 3.8) is 0 Å². The fourth-order valence-corrected chi connectivity index (χ4v) is 2.00. The Labute approximate surface area is 110 Å². The lowest BCUT2D eigenvalue weighted by atomic mass is 10.1. The molecule has 0 saturated carbocycles. The van der Waals surface area contributed by atoms with Gasteiger partial charge in [0.1, 0.15) is 0 Å². The zero-order valence-electron chi connectivity index (χ0n) is 11.5. The van der Waals surface area contributed by atoms with Gasteiger partial charge in [0.2, 0.25) is 5.91 Å². The smallest absolute Gasteiger partial charge is 0.226 e. The van der Waals surface area contributed by atoms with Crippen LogP contribution in [0.3, 0.4) is 0 Å². The Bertz CT molecular complexity index is 377. The molecule has 0 fully saturated rings. The number of hydrogen-bond acceptors (Lipinski definition) is 2. The normalized spacial score (nSPS) is 10.4. The molecule has 0 bridgehead atoms. The van der Waals surface area contributed by atoms with Gasteiger partial charge in [-0.15, -0.1) is 0 Å². The SMILES string of the molecule is CCCN(CCCN)C(=O)Cc1ccccc1C. The molecular formula is C15H24N2O.